The van der Waals surface area contributed by atoms with Gasteiger partial charge in [0.25, 0.3) is 0 Å². The summed E-state index contributed by atoms with van der Waals surface area (Å²) in [7, 11) is 6.16. The lowest BCUT2D eigenvalue weighted by Crippen LogP contribution is -2.35. The second-order valence-electron chi connectivity index (χ2n) is 6.37. The molecule has 0 spiro atoms. The maximum Gasteiger partial charge on any atom is 0.152 e. The van der Waals surface area contributed by atoms with E-state index in [1.807, 2.05) is 38.4 Å². The van der Waals surface area contributed by atoms with E-state index in [1.165, 1.54) is 5.56 Å². The molecule has 0 bridgehead atoms. The van der Waals surface area contributed by atoms with Crippen LogP contribution in [0.5, 0.6) is 5.75 Å². The van der Waals surface area contributed by atoms with Crippen LogP contribution < -0.4 is 4.74 Å². The summed E-state index contributed by atoms with van der Waals surface area (Å²) < 4.78 is 6.22. The highest BCUT2D eigenvalue weighted by molar-refractivity contribution is 6.31. The molecule has 7 heteroatoms. The van der Waals surface area contributed by atoms with E-state index in [2.05, 4.69) is 48.0 Å². The van der Waals surface area contributed by atoms with Crippen LogP contribution in [-0.2, 0) is 13.1 Å². The van der Waals surface area contributed by atoms with Crippen molar-refractivity contribution in [3.05, 3.63) is 64.7 Å². The molecule has 4 nitrogen and oxygen atoms in total. The number of ether oxygens (including phenoxy) is 1. The van der Waals surface area contributed by atoms with Gasteiger partial charge in [0.2, 0.25) is 0 Å². The van der Waals surface area contributed by atoms with Crippen molar-refractivity contribution in [3.63, 3.8) is 0 Å². The third-order valence-electron chi connectivity index (χ3n) is 3.89. The molecule has 2 N–H and O–H groups in total. The number of nitrogens with zero attached hydrogens (tertiary/aromatic N) is 2. The van der Waals surface area contributed by atoms with Crippen LogP contribution >= 0.6 is 36.4 Å². The van der Waals surface area contributed by atoms with E-state index in [4.69, 9.17) is 16.3 Å². The quantitative estimate of drug-likeness (QED) is 0.564. The molecule has 0 aliphatic carbocycles. The summed E-state index contributed by atoms with van der Waals surface area (Å²) in [6.07, 6.45) is 0.938. The molecule has 1 unspecified atom stereocenters. The first-order valence-corrected chi connectivity index (χ1v) is 8.71. The molecule has 154 valence electrons. The van der Waals surface area contributed by atoms with E-state index in [1.54, 1.807) is 0 Å². The first-order valence-electron chi connectivity index (χ1n) is 8.33. The fourth-order valence-electron chi connectivity index (χ4n) is 2.70. The van der Waals surface area contributed by atoms with Crippen LogP contribution in [0.3, 0.4) is 0 Å². The molecule has 1 atom stereocenters. The molecule has 2 aromatic rings. The number of benzene rings is 2. The summed E-state index contributed by atoms with van der Waals surface area (Å²) in [6, 6.07) is 16.4. The Morgan fingerprint density at radius 3 is 2.15 bits per heavy atom. The normalized spacial score (nSPS) is 11.2. The molecule has 0 saturated carbocycles. The molecular formula is C20H31Cl3N2O2. The third kappa shape index (κ3) is 9.15. The lowest BCUT2D eigenvalue weighted by molar-refractivity contribution is 0.0362. The largest absolute Gasteiger partial charge is 0.475 e. The van der Waals surface area contributed by atoms with E-state index >= 15 is 0 Å². The average molecular weight is 438 g/mol. The summed E-state index contributed by atoms with van der Waals surface area (Å²) in [5.41, 5.74) is 2.37. The Morgan fingerprint density at radius 1 is 0.963 bits per heavy atom. The fourth-order valence-corrected chi connectivity index (χ4v) is 2.88. The Kier molecular flexibility index (Phi) is 14.7. The van der Waals surface area contributed by atoms with Crippen LogP contribution in [0.15, 0.2) is 48.5 Å². The standard InChI is InChI=1S/C20H27ClN2O.2ClH.H2O/c1-5-20(23(4)14-16-9-7-6-8-10-16)24-18-11-12-19(21)17(13-18)15-22(2)3;;;/h6-13,20H,5,14-15H2,1-4H3;2*1H;1H2. The zero-order chi connectivity index (χ0) is 17.5. The molecule has 27 heavy (non-hydrogen) atoms. The molecule has 0 aliphatic rings. The minimum absolute atomic E-state index is 0. The molecule has 0 aromatic heterocycles. The summed E-state index contributed by atoms with van der Waals surface area (Å²) in [5, 5.41) is 0.779. The van der Waals surface area contributed by atoms with Gasteiger partial charge in [0, 0.05) is 18.1 Å². The van der Waals surface area contributed by atoms with E-state index in [-0.39, 0.29) is 36.5 Å². The minimum Gasteiger partial charge on any atom is -0.475 e. The Bertz CT molecular complexity index is 642. The number of hydrogen-bond acceptors (Lipinski definition) is 3. The highest BCUT2D eigenvalue weighted by Gasteiger charge is 2.15. The van der Waals surface area contributed by atoms with Crippen LogP contribution in [0.2, 0.25) is 5.02 Å². The Balaban J connectivity index is 0. The lowest BCUT2D eigenvalue weighted by atomic mass is 10.2. The maximum atomic E-state index is 6.29. The van der Waals surface area contributed by atoms with Crippen molar-refractivity contribution in [1.29, 1.82) is 0 Å². The van der Waals surface area contributed by atoms with Gasteiger partial charge in [0.1, 0.15) is 5.75 Å². The smallest absolute Gasteiger partial charge is 0.152 e. The van der Waals surface area contributed by atoms with Crippen LogP contribution in [0, 0.1) is 0 Å². The third-order valence-corrected chi connectivity index (χ3v) is 4.26. The second kappa shape index (κ2) is 14.1. The molecule has 2 rings (SSSR count). The molecular weight excluding hydrogens is 407 g/mol. The van der Waals surface area contributed by atoms with Gasteiger partial charge in [-0.1, -0.05) is 48.9 Å². The summed E-state index contributed by atoms with van der Waals surface area (Å²) in [6.45, 7) is 3.80. The zero-order valence-corrected chi connectivity index (χ0v) is 18.7. The van der Waals surface area contributed by atoms with Crippen molar-refractivity contribution in [3.8, 4) is 5.75 Å². The average Bonchev–Trinajstić information content (AvgIpc) is 2.55. The van der Waals surface area contributed by atoms with Crippen molar-refractivity contribution >= 4 is 36.4 Å². The summed E-state index contributed by atoms with van der Waals surface area (Å²) in [5.74, 6) is 0.864. The first kappa shape index (κ1) is 28.2. The number of hydrogen-bond donors (Lipinski definition) is 0. The molecule has 0 amide bonds. The van der Waals surface area contributed by atoms with Gasteiger partial charge < -0.3 is 15.1 Å². The van der Waals surface area contributed by atoms with Gasteiger partial charge in [-0.2, -0.15) is 0 Å². The molecule has 0 fully saturated rings. The summed E-state index contributed by atoms with van der Waals surface area (Å²) in [4.78, 5) is 4.33. The SMILES string of the molecule is CCC(Oc1ccc(Cl)c(CN(C)C)c1)N(C)Cc1ccccc1.Cl.Cl.O. The van der Waals surface area contributed by atoms with Crippen LogP contribution in [0.4, 0.5) is 0 Å². The monoisotopic (exact) mass is 436 g/mol. The van der Waals surface area contributed by atoms with E-state index in [9.17, 15) is 0 Å². The fraction of sp³-hybridized carbons (Fsp3) is 0.400. The number of rotatable bonds is 8. The molecule has 0 saturated heterocycles. The minimum atomic E-state index is 0. The van der Waals surface area contributed by atoms with Gasteiger partial charge >= 0.3 is 0 Å². The second-order valence-corrected chi connectivity index (χ2v) is 6.78. The molecule has 0 heterocycles. The number of halogens is 3. The summed E-state index contributed by atoms with van der Waals surface area (Å²) >= 11 is 6.29. The van der Waals surface area contributed by atoms with E-state index < -0.39 is 0 Å². The van der Waals surface area contributed by atoms with E-state index in [0.29, 0.717) is 0 Å². The Labute approximate surface area is 180 Å². The van der Waals surface area contributed by atoms with Gasteiger partial charge in [0.05, 0.1) is 0 Å². The van der Waals surface area contributed by atoms with Gasteiger partial charge in [0.15, 0.2) is 6.23 Å². The zero-order valence-electron chi connectivity index (χ0n) is 16.3. The van der Waals surface area contributed by atoms with E-state index in [0.717, 1.165) is 35.8 Å². The van der Waals surface area contributed by atoms with Crippen molar-refractivity contribution in [2.45, 2.75) is 32.7 Å². The van der Waals surface area contributed by atoms with Crippen molar-refractivity contribution in [2.75, 3.05) is 21.1 Å². The highest BCUT2D eigenvalue weighted by atomic mass is 35.5. The van der Waals surface area contributed by atoms with Crippen molar-refractivity contribution in [2.24, 2.45) is 0 Å². The highest BCUT2D eigenvalue weighted by Crippen LogP contribution is 2.25. The Hall–Kier alpha value is -1.01. The van der Waals surface area contributed by atoms with Crippen LogP contribution in [0.1, 0.15) is 24.5 Å². The van der Waals surface area contributed by atoms with Crippen LogP contribution in [-0.4, -0.2) is 42.6 Å². The van der Waals surface area contributed by atoms with Crippen molar-refractivity contribution < 1.29 is 10.2 Å². The van der Waals surface area contributed by atoms with Crippen LogP contribution in [0.25, 0.3) is 0 Å². The van der Waals surface area contributed by atoms with Crippen molar-refractivity contribution in [1.82, 2.24) is 9.80 Å². The van der Waals surface area contributed by atoms with Gasteiger partial charge in [-0.3, -0.25) is 4.90 Å². The Morgan fingerprint density at radius 2 is 1.59 bits per heavy atom. The molecule has 0 radical (unpaired) electrons. The van der Waals surface area contributed by atoms with Gasteiger partial charge in [-0.15, -0.1) is 24.8 Å². The van der Waals surface area contributed by atoms with Gasteiger partial charge in [-0.25, -0.2) is 0 Å². The molecule has 2 aromatic carbocycles. The lowest BCUT2D eigenvalue weighted by Gasteiger charge is -2.28. The maximum absolute atomic E-state index is 6.29. The van der Waals surface area contributed by atoms with Gasteiger partial charge in [-0.05, 0) is 56.9 Å². The molecule has 0 aliphatic heterocycles. The predicted octanol–water partition coefficient (Wildman–Crippen LogP) is 4.67. The predicted molar refractivity (Wildman–Crippen MR) is 120 cm³/mol. The first-order chi connectivity index (χ1) is 11.5. The topological polar surface area (TPSA) is 47.2 Å².